The van der Waals surface area contributed by atoms with Crippen molar-refractivity contribution in [2.75, 3.05) is 7.11 Å². The molecule has 14 heavy (non-hydrogen) atoms. The van der Waals surface area contributed by atoms with Crippen LogP contribution >= 0.6 is 15.9 Å². The highest BCUT2D eigenvalue weighted by Crippen LogP contribution is 2.36. The van der Waals surface area contributed by atoms with Crippen LogP contribution < -0.4 is 9.47 Å². The van der Waals surface area contributed by atoms with Crippen LogP contribution in [-0.4, -0.2) is 13.2 Å². The normalized spacial score (nSPS) is 10.4. The van der Waals surface area contributed by atoms with Gasteiger partial charge in [-0.3, -0.25) is 0 Å². The molecule has 0 spiro atoms. The van der Waals surface area contributed by atoms with Gasteiger partial charge in [-0.05, 0) is 54.4 Å². The molecule has 0 amide bonds. The molecule has 0 aliphatic rings. The molecule has 0 unspecified atom stereocenters. The van der Waals surface area contributed by atoms with E-state index >= 15 is 0 Å². The van der Waals surface area contributed by atoms with Crippen LogP contribution in [0.25, 0.3) is 0 Å². The lowest BCUT2D eigenvalue weighted by Gasteiger charge is -2.14. The lowest BCUT2D eigenvalue weighted by Crippen LogP contribution is -2.06. The van der Waals surface area contributed by atoms with Crippen LogP contribution in [0.5, 0.6) is 11.5 Å². The van der Waals surface area contributed by atoms with Crippen LogP contribution in [0.2, 0.25) is 0 Å². The summed E-state index contributed by atoms with van der Waals surface area (Å²) in [5.41, 5.74) is 1.13. The van der Waals surface area contributed by atoms with Crippen molar-refractivity contribution in [2.24, 2.45) is 0 Å². The maximum atomic E-state index is 5.64. The van der Waals surface area contributed by atoms with Crippen molar-refractivity contribution < 1.29 is 9.47 Å². The summed E-state index contributed by atoms with van der Waals surface area (Å²) in [5, 5.41) is 0. The minimum atomic E-state index is 0.165. The molecule has 0 saturated carbocycles. The van der Waals surface area contributed by atoms with Crippen molar-refractivity contribution in [2.45, 2.75) is 26.9 Å². The third-order valence-electron chi connectivity index (χ3n) is 1.73. The van der Waals surface area contributed by atoms with E-state index in [0.717, 1.165) is 21.5 Å². The van der Waals surface area contributed by atoms with E-state index < -0.39 is 0 Å². The van der Waals surface area contributed by atoms with Gasteiger partial charge in [-0.1, -0.05) is 0 Å². The number of halogens is 1. The van der Waals surface area contributed by atoms with Gasteiger partial charge in [-0.15, -0.1) is 0 Å². The topological polar surface area (TPSA) is 18.5 Å². The summed E-state index contributed by atoms with van der Waals surface area (Å²) in [5.74, 6) is 1.64. The van der Waals surface area contributed by atoms with Gasteiger partial charge in [0.25, 0.3) is 0 Å². The number of rotatable bonds is 3. The van der Waals surface area contributed by atoms with Crippen molar-refractivity contribution >= 4 is 15.9 Å². The molecule has 1 aromatic carbocycles. The number of methoxy groups -OCH3 is 1. The molecule has 0 atom stereocenters. The zero-order chi connectivity index (χ0) is 10.7. The molecule has 0 aromatic heterocycles. The van der Waals surface area contributed by atoms with Crippen molar-refractivity contribution in [3.8, 4) is 11.5 Å². The minimum Gasteiger partial charge on any atom is -0.495 e. The molecule has 78 valence electrons. The monoisotopic (exact) mass is 258 g/mol. The third-order valence-corrected chi connectivity index (χ3v) is 2.51. The van der Waals surface area contributed by atoms with Gasteiger partial charge >= 0.3 is 0 Å². The van der Waals surface area contributed by atoms with E-state index in [4.69, 9.17) is 9.47 Å². The molecule has 0 heterocycles. The van der Waals surface area contributed by atoms with E-state index in [1.807, 2.05) is 32.9 Å². The Morgan fingerprint density at radius 3 is 2.29 bits per heavy atom. The Hall–Kier alpha value is -0.700. The van der Waals surface area contributed by atoms with E-state index in [9.17, 15) is 0 Å². The summed E-state index contributed by atoms with van der Waals surface area (Å²) in [6.45, 7) is 6.02. The molecule has 0 saturated heterocycles. The Kier molecular flexibility index (Phi) is 3.81. The minimum absolute atomic E-state index is 0.165. The highest BCUT2D eigenvalue weighted by atomic mass is 79.9. The Bertz CT molecular complexity index is 321. The Morgan fingerprint density at radius 2 is 1.79 bits per heavy atom. The summed E-state index contributed by atoms with van der Waals surface area (Å²) in [6.07, 6.45) is 0.165. The lowest BCUT2D eigenvalue weighted by molar-refractivity contribution is 0.239. The number of hydrogen-bond donors (Lipinski definition) is 0. The van der Waals surface area contributed by atoms with Crippen molar-refractivity contribution in [3.63, 3.8) is 0 Å². The van der Waals surface area contributed by atoms with E-state index in [2.05, 4.69) is 15.9 Å². The SMILES string of the molecule is COc1cc(C)cc(OC(C)C)c1Br. The summed E-state index contributed by atoms with van der Waals surface area (Å²) in [4.78, 5) is 0. The van der Waals surface area contributed by atoms with Gasteiger partial charge in [0.15, 0.2) is 0 Å². The van der Waals surface area contributed by atoms with Crippen molar-refractivity contribution in [1.82, 2.24) is 0 Å². The fraction of sp³-hybridized carbons (Fsp3) is 0.455. The largest absolute Gasteiger partial charge is 0.495 e. The van der Waals surface area contributed by atoms with Gasteiger partial charge in [-0.2, -0.15) is 0 Å². The van der Waals surface area contributed by atoms with Gasteiger partial charge in [0.2, 0.25) is 0 Å². The maximum Gasteiger partial charge on any atom is 0.137 e. The summed E-state index contributed by atoms with van der Waals surface area (Å²) in [7, 11) is 1.65. The standard InChI is InChI=1S/C11H15BrO2/c1-7(2)14-10-6-8(3)5-9(13-4)11(10)12/h5-7H,1-4H3. The summed E-state index contributed by atoms with van der Waals surface area (Å²) in [6, 6.07) is 3.96. The van der Waals surface area contributed by atoms with E-state index in [1.165, 1.54) is 0 Å². The van der Waals surface area contributed by atoms with Crippen LogP contribution in [-0.2, 0) is 0 Å². The Labute approximate surface area is 93.4 Å². The van der Waals surface area contributed by atoms with Crippen LogP contribution in [0.4, 0.5) is 0 Å². The Morgan fingerprint density at radius 1 is 1.21 bits per heavy atom. The molecular formula is C11H15BrO2. The molecule has 0 radical (unpaired) electrons. The van der Waals surface area contributed by atoms with E-state index in [0.29, 0.717) is 0 Å². The molecular weight excluding hydrogens is 244 g/mol. The second-order valence-corrected chi connectivity index (χ2v) is 4.24. The predicted molar refractivity (Wildman–Crippen MR) is 61.2 cm³/mol. The zero-order valence-electron chi connectivity index (χ0n) is 8.93. The van der Waals surface area contributed by atoms with Crippen LogP contribution in [0.15, 0.2) is 16.6 Å². The number of benzene rings is 1. The number of hydrogen-bond acceptors (Lipinski definition) is 2. The molecule has 0 aliphatic carbocycles. The lowest BCUT2D eigenvalue weighted by atomic mass is 10.2. The first-order chi connectivity index (χ1) is 6.54. The molecule has 0 aliphatic heterocycles. The molecule has 0 fully saturated rings. The van der Waals surface area contributed by atoms with Crippen LogP contribution in [0, 0.1) is 6.92 Å². The number of aryl methyl sites for hydroxylation is 1. The van der Waals surface area contributed by atoms with E-state index in [1.54, 1.807) is 7.11 Å². The molecule has 3 heteroatoms. The fourth-order valence-electron chi connectivity index (χ4n) is 1.19. The average molecular weight is 259 g/mol. The smallest absolute Gasteiger partial charge is 0.137 e. The summed E-state index contributed by atoms with van der Waals surface area (Å²) < 4.78 is 11.7. The van der Waals surface area contributed by atoms with Gasteiger partial charge in [0, 0.05) is 0 Å². The highest BCUT2D eigenvalue weighted by Gasteiger charge is 2.09. The second kappa shape index (κ2) is 4.69. The predicted octanol–water partition coefficient (Wildman–Crippen LogP) is 3.55. The Balaban J connectivity index is 3.08. The second-order valence-electron chi connectivity index (χ2n) is 3.45. The van der Waals surface area contributed by atoms with E-state index in [-0.39, 0.29) is 6.10 Å². The molecule has 0 bridgehead atoms. The average Bonchev–Trinajstić information content (AvgIpc) is 2.09. The molecule has 2 nitrogen and oxygen atoms in total. The van der Waals surface area contributed by atoms with Gasteiger partial charge in [-0.25, -0.2) is 0 Å². The van der Waals surface area contributed by atoms with Crippen LogP contribution in [0.3, 0.4) is 0 Å². The van der Waals surface area contributed by atoms with Gasteiger partial charge < -0.3 is 9.47 Å². The zero-order valence-corrected chi connectivity index (χ0v) is 10.5. The van der Waals surface area contributed by atoms with Gasteiger partial charge in [0.05, 0.1) is 13.2 Å². The molecule has 1 rings (SSSR count). The fourth-order valence-corrected chi connectivity index (χ4v) is 1.68. The first-order valence-electron chi connectivity index (χ1n) is 4.55. The van der Waals surface area contributed by atoms with Gasteiger partial charge in [0.1, 0.15) is 16.0 Å². The molecule has 1 aromatic rings. The quantitative estimate of drug-likeness (QED) is 0.826. The third kappa shape index (κ3) is 2.64. The van der Waals surface area contributed by atoms with Crippen LogP contribution in [0.1, 0.15) is 19.4 Å². The first kappa shape index (κ1) is 11.4. The number of ether oxygens (including phenoxy) is 2. The maximum absolute atomic E-state index is 5.64. The molecule has 0 N–H and O–H groups in total. The first-order valence-corrected chi connectivity index (χ1v) is 5.34. The van der Waals surface area contributed by atoms with Crippen molar-refractivity contribution in [1.29, 1.82) is 0 Å². The summed E-state index contributed by atoms with van der Waals surface area (Å²) >= 11 is 3.45. The van der Waals surface area contributed by atoms with Crippen molar-refractivity contribution in [3.05, 3.63) is 22.2 Å². The highest BCUT2D eigenvalue weighted by molar-refractivity contribution is 9.10.